The van der Waals surface area contributed by atoms with Crippen LogP contribution < -0.4 is 5.73 Å². The predicted octanol–water partition coefficient (Wildman–Crippen LogP) is 0.846. The molecular formula is C14H26N4O2. The van der Waals surface area contributed by atoms with Crippen LogP contribution in [0.15, 0.2) is 5.16 Å². The third-order valence-electron chi connectivity index (χ3n) is 4.61. The molecule has 0 bridgehead atoms. The average molecular weight is 282 g/mol. The van der Waals surface area contributed by atoms with Gasteiger partial charge in [-0.3, -0.25) is 4.79 Å². The Kier molecular flexibility index (Phi) is 5.23. The Bertz CT molecular complexity index is 358. The number of nitrogens with zero attached hydrogens (tertiary/aromatic N) is 3. The number of piperidine rings is 2. The molecule has 0 aliphatic carbocycles. The minimum atomic E-state index is -0.536. The van der Waals surface area contributed by atoms with E-state index in [2.05, 4.69) is 10.1 Å². The summed E-state index contributed by atoms with van der Waals surface area (Å²) in [6, 6.07) is 0.624. The van der Waals surface area contributed by atoms with E-state index in [-0.39, 0.29) is 11.7 Å². The van der Waals surface area contributed by atoms with Crippen LogP contribution in [0.1, 0.15) is 39.0 Å². The van der Waals surface area contributed by atoms with E-state index in [1.807, 2.05) is 4.90 Å². The van der Waals surface area contributed by atoms with E-state index in [0.29, 0.717) is 6.04 Å². The third kappa shape index (κ3) is 3.42. The van der Waals surface area contributed by atoms with Gasteiger partial charge >= 0.3 is 0 Å². The number of amides is 1. The normalized spacial score (nSPS) is 24.6. The monoisotopic (exact) mass is 282 g/mol. The lowest BCUT2D eigenvalue weighted by Gasteiger charge is -2.40. The second-order valence-electron chi connectivity index (χ2n) is 5.90. The summed E-state index contributed by atoms with van der Waals surface area (Å²) in [5.41, 5.74) is 5.51. The predicted molar refractivity (Wildman–Crippen MR) is 77.6 cm³/mol. The van der Waals surface area contributed by atoms with Crippen LogP contribution in [0.5, 0.6) is 0 Å². The summed E-state index contributed by atoms with van der Waals surface area (Å²) in [7, 11) is 0. The summed E-state index contributed by atoms with van der Waals surface area (Å²) in [5.74, 6) is -0.572. The quantitative estimate of drug-likeness (QED) is 0.348. The summed E-state index contributed by atoms with van der Waals surface area (Å²) in [6.07, 6.45) is 6.04. The van der Waals surface area contributed by atoms with Crippen molar-refractivity contribution in [2.75, 3.05) is 26.2 Å². The lowest BCUT2D eigenvalue weighted by molar-refractivity contribution is -0.134. The number of carbonyl (C=O) groups excluding carboxylic acids is 1. The van der Waals surface area contributed by atoms with Crippen molar-refractivity contribution in [3.05, 3.63) is 0 Å². The van der Waals surface area contributed by atoms with Crippen LogP contribution >= 0.6 is 0 Å². The molecule has 1 amide bonds. The van der Waals surface area contributed by atoms with E-state index in [0.717, 1.165) is 25.9 Å². The summed E-state index contributed by atoms with van der Waals surface area (Å²) in [6.45, 7) is 5.67. The first-order valence-corrected chi connectivity index (χ1v) is 7.63. The van der Waals surface area contributed by atoms with Gasteiger partial charge in [0.2, 0.25) is 5.91 Å². The van der Waals surface area contributed by atoms with Crippen LogP contribution in [-0.4, -0.2) is 59.0 Å². The second-order valence-corrected chi connectivity index (χ2v) is 5.90. The molecule has 2 saturated heterocycles. The highest BCUT2D eigenvalue weighted by atomic mass is 16.4. The number of hydrogen-bond donors (Lipinski definition) is 2. The molecule has 0 saturated carbocycles. The van der Waals surface area contributed by atoms with Crippen molar-refractivity contribution in [3.63, 3.8) is 0 Å². The lowest BCUT2D eigenvalue weighted by atomic mass is 9.98. The van der Waals surface area contributed by atoms with Crippen molar-refractivity contribution < 1.29 is 10.0 Å². The van der Waals surface area contributed by atoms with E-state index in [1.165, 1.54) is 32.4 Å². The number of rotatable bonds is 3. The zero-order chi connectivity index (χ0) is 14.5. The Labute approximate surface area is 120 Å². The average Bonchev–Trinajstić information content (AvgIpc) is 2.53. The number of nitrogens with two attached hydrogens (primary N) is 1. The van der Waals surface area contributed by atoms with Crippen LogP contribution in [0.4, 0.5) is 0 Å². The van der Waals surface area contributed by atoms with Crippen molar-refractivity contribution in [2.24, 2.45) is 16.8 Å². The van der Waals surface area contributed by atoms with Crippen LogP contribution in [-0.2, 0) is 4.79 Å². The molecule has 0 aromatic heterocycles. The molecule has 0 aromatic carbocycles. The Morgan fingerprint density at radius 1 is 1.20 bits per heavy atom. The van der Waals surface area contributed by atoms with Crippen molar-refractivity contribution in [3.8, 4) is 0 Å². The summed E-state index contributed by atoms with van der Waals surface area (Å²) < 4.78 is 0. The van der Waals surface area contributed by atoms with E-state index >= 15 is 0 Å². The lowest BCUT2D eigenvalue weighted by Crippen LogP contribution is -2.50. The van der Waals surface area contributed by atoms with Crippen molar-refractivity contribution in [1.82, 2.24) is 9.80 Å². The van der Waals surface area contributed by atoms with Crippen molar-refractivity contribution in [2.45, 2.75) is 45.1 Å². The van der Waals surface area contributed by atoms with Gasteiger partial charge in [0, 0.05) is 19.1 Å². The molecule has 2 aliphatic heterocycles. The molecule has 6 heteroatoms. The van der Waals surface area contributed by atoms with Gasteiger partial charge in [-0.05, 0) is 45.7 Å². The van der Waals surface area contributed by atoms with Gasteiger partial charge in [0.1, 0.15) is 0 Å². The van der Waals surface area contributed by atoms with Gasteiger partial charge in [-0.25, -0.2) is 0 Å². The first-order valence-electron chi connectivity index (χ1n) is 7.63. The summed E-state index contributed by atoms with van der Waals surface area (Å²) in [5, 5.41) is 11.6. The molecule has 0 aromatic rings. The second kappa shape index (κ2) is 6.92. The van der Waals surface area contributed by atoms with E-state index in [4.69, 9.17) is 10.9 Å². The van der Waals surface area contributed by atoms with Gasteiger partial charge in [-0.15, -0.1) is 0 Å². The molecule has 20 heavy (non-hydrogen) atoms. The van der Waals surface area contributed by atoms with Gasteiger partial charge in [0.05, 0.1) is 5.92 Å². The molecule has 6 nitrogen and oxygen atoms in total. The summed E-state index contributed by atoms with van der Waals surface area (Å²) >= 11 is 0. The zero-order valence-corrected chi connectivity index (χ0v) is 12.3. The Hall–Kier alpha value is -1.30. The topological polar surface area (TPSA) is 82.2 Å². The fourth-order valence-electron chi connectivity index (χ4n) is 3.22. The minimum Gasteiger partial charge on any atom is -0.409 e. The minimum absolute atomic E-state index is 0.00634. The van der Waals surface area contributed by atoms with E-state index in [1.54, 1.807) is 6.92 Å². The number of carbonyl (C=O) groups is 1. The van der Waals surface area contributed by atoms with Crippen molar-refractivity contribution in [1.29, 1.82) is 0 Å². The van der Waals surface area contributed by atoms with E-state index < -0.39 is 5.92 Å². The zero-order valence-electron chi connectivity index (χ0n) is 12.3. The van der Waals surface area contributed by atoms with Crippen LogP contribution in [0.3, 0.4) is 0 Å². The smallest absolute Gasteiger partial charge is 0.233 e. The van der Waals surface area contributed by atoms with Crippen LogP contribution in [0.2, 0.25) is 0 Å². The van der Waals surface area contributed by atoms with Gasteiger partial charge in [-0.1, -0.05) is 11.6 Å². The molecule has 2 heterocycles. The highest BCUT2D eigenvalue weighted by molar-refractivity contribution is 6.01. The number of hydrogen-bond acceptors (Lipinski definition) is 4. The SMILES string of the molecule is CC(C(=O)N1CCC(N2CCCCC2)CC1)C(N)=NO. The molecule has 2 aliphatic rings. The highest BCUT2D eigenvalue weighted by Crippen LogP contribution is 2.21. The maximum Gasteiger partial charge on any atom is 0.233 e. The van der Waals surface area contributed by atoms with Gasteiger partial charge in [0.15, 0.2) is 5.84 Å². The fraction of sp³-hybridized carbons (Fsp3) is 0.857. The molecular weight excluding hydrogens is 256 g/mol. The largest absolute Gasteiger partial charge is 0.409 e. The number of amidine groups is 1. The molecule has 1 atom stereocenters. The molecule has 1 unspecified atom stereocenters. The van der Waals surface area contributed by atoms with Crippen LogP contribution in [0, 0.1) is 5.92 Å². The molecule has 0 spiro atoms. The fourth-order valence-corrected chi connectivity index (χ4v) is 3.22. The Morgan fingerprint density at radius 2 is 1.80 bits per heavy atom. The maximum absolute atomic E-state index is 12.2. The van der Waals surface area contributed by atoms with Crippen LogP contribution in [0.25, 0.3) is 0 Å². The molecule has 2 rings (SSSR count). The van der Waals surface area contributed by atoms with Gasteiger partial charge in [0.25, 0.3) is 0 Å². The third-order valence-corrected chi connectivity index (χ3v) is 4.61. The van der Waals surface area contributed by atoms with Crippen molar-refractivity contribution >= 4 is 11.7 Å². The maximum atomic E-state index is 12.2. The first-order chi connectivity index (χ1) is 9.63. The Balaban J connectivity index is 1.83. The Morgan fingerprint density at radius 3 is 2.35 bits per heavy atom. The van der Waals surface area contributed by atoms with E-state index in [9.17, 15) is 4.79 Å². The standard InChI is InChI=1S/C14H26N4O2/c1-11(13(15)16-20)14(19)18-9-5-12(6-10-18)17-7-3-2-4-8-17/h11-12,20H,2-10H2,1H3,(H2,15,16). The first kappa shape index (κ1) is 15.1. The number of likely N-dealkylation sites (tertiary alicyclic amines) is 2. The number of oxime groups is 1. The molecule has 2 fully saturated rings. The van der Waals surface area contributed by atoms with Gasteiger partial charge < -0.3 is 20.7 Å². The highest BCUT2D eigenvalue weighted by Gasteiger charge is 2.30. The molecule has 0 radical (unpaired) electrons. The molecule has 114 valence electrons. The molecule has 3 N–H and O–H groups in total. The van der Waals surface area contributed by atoms with Gasteiger partial charge in [-0.2, -0.15) is 0 Å². The summed E-state index contributed by atoms with van der Waals surface area (Å²) in [4.78, 5) is 16.7.